The summed E-state index contributed by atoms with van der Waals surface area (Å²) in [6, 6.07) is 0.517. The molecule has 0 aromatic rings. The first-order valence-electron chi connectivity index (χ1n) is 7.52. The molecule has 1 N–H and O–H groups in total. The van der Waals surface area contributed by atoms with Crippen LogP contribution in [0.4, 0.5) is 0 Å². The fourth-order valence-electron chi connectivity index (χ4n) is 3.76. The molecule has 2 aliphatic rings. The van der Waals surface area contributed by atoms with Crippen molar-refractivity contribution in [1.29, 1.82) is 0 Å². The van der Waals surface area contributed by atoms with E-state index in [-0.39, 0.29) is 5.97 Å². The highest BCUT2D eigenvalue weighted by Crippen LogP contribution is 2.35. The third-order valence-corrected chi connectivity index (χ3v) is 4.66. The van der Waals surface area contributed by atoms with E-state index in [1.54, 1.807) is 0 Å². The Morgan fingerprint density at radius 2 is 1.89 bits per heavy atom. The lowest BCUT2D eigenvalue weighted by Crippen LogP contribution is -2.58. The summed E-state index contributed by atoms with van der Waals surface area (Å²) in [5.74, 6) is 0.577. The first-order valence-corrected chi connectivity index (χ1v) is 7.52. The zero-order chi connectivity index (χ0) is 13.0. The second kappa shape index (κ2) is 6.05. The molecule has 104 valence electrons. The Kier molecular flexibility index (Phi) is 4.66. The smallest absolute Gasteiger partial charge is 0.326 e. The molecule has 2 saturated carbocycles. The average molecular weight is 253 g/mol. The SMILES string of the molecule is COC(=O)C1(NC2CCCCC2)CCCC(C)C1. The van der Waals surface area contributed by atoms with Crippen molar-refractivity contribution < 1.29 is 9.53 Å². The monoisotopic (exact) mass is 253 g/mol. The van der Waals surface area contributed by atoms with Crippen LogP contribution >= 0.6 is 0 Å². The van der Waals surface area contributed by atoms with Gasteiger partial charge >= 0.3 is 5.97 Å². The number of carbonyl (C=O) groups is 1. The van der Waals surface area contributed by atoms with Gasteiger partial charge < -0.3 is 4.74 Å². The Balaban J connectivity index is 2.06. The molecule has 0 amide bonds. The summed E-state index contributed by atoms with van der Waals surface area (Å²) in [5.41, 5.74) is -0.394. The third kappa shape index (κ3) is 3.05. The van der Waals surface area contributed by atoms with Crippen LogP contribution in [0.15, 0.2) is 0 Å². The quantitative estimate of drug-likeness (QED) is 0.786. The second-order valence-electron chi connectivity index (χ2n) is 6.25. The molecule has 2 unspecified atom stereocenters. The zero-order valence-corrected chi connectivity index (χ0v) is 11.8. The summed E-state index contributed by atoms with van der Waals surface area (Å²) in [6.45, 7) is 2.25. The van der Waals surface area contributed by atoms with Crippen LogP contribution in [-0.4, -0.2) is 24.7 Å². The Labute approximate surface area is 111 Å². The minimum absolute atomic E-state index is 0.0420. The van der Waals surface area contributed by atoms with Gasteiger partial charge in [-0.2, -0.15) is 0 Å². The second-order valence-corrected chi connectivity index (χ2v) is 6.25. The van der Waals surface area contributed by atoms with Gasteiger partial charge in [0.05, 0.1) is 7.11 Å². The molecule has 3 nitrogen and oxygen atoms in total. The van der Waals surface area contributed by atoms with Crippen LogP contribution in [0.25, 0.3) is 0 Å². The molecule has 0 bridgehead atoms. The Morgan fingerprint density at radius 1 is 1.17 bits per heavy atom. The van der Waals surface area contributed by atoms with E-state index < -0.39 is 5.54 Å². The summed E-state index contributed by atoms with van der Waals surface area (Å²) in [7, 11) is 1.52. The lowest BCUT2D eigenvalue weighted by atomic mass is 9.75. The molecule has 2 fully saturated rings. The number of methoxy groups -OCH3 is 1. The molecule has 3 heteroatoms. The average Bonchev–Trinajstić information content (AvgIpc) is 2.39. The van der Waals surface area contributed by atoms with Crippen molar-refractivity contribution in [2.24, 2.45) is 5.92 Å². The molecule has 18 heavy (non-hydrogen) atoms. The molecule has 2 aliphatic carbocycles. The van der Waals surface area contributed by atoms with Gasteiger partial charge in [0.25, 0.3) is 0 Å². The van der Waals surface area contributed by atoms with Crippen molar-refractivity contribution in [3.05, 3.63) is 0 Å². The van der Waals surface area contributed by atoms with Crippen LogP contribution in [0.5, 0.6) is 0 Å². The van der Waals surface area contributed by atoms with E-state index >= 15 is 0 Å². The van der Waals surface area contributed by atoms with Gasteiger partial charge in [-0.15, -0.1) is 0 Å². The highest BCUT2D eigenvalue weighted by atomic mass is 16.5. The molecule has 0 radical (unpaired) electrons. The molecule has 0 saturated heterocycles. The molecular formula is C15H27NO2. The summed E-state index contributed by atoms with van der Waals surface area (Å²) < 4.78 is 5.08. The van der Waals surface area contributed by atoms with Crippen molar-refractivity contribution in [3.63, 3.8) is 0 Å². The molecule has 0 aromatic carbocycles. The molecule has 2 atom stereocenters. The van der Waals surface area contributed by atoms with Crippen LogP contribution in [-0.2, 0) is 9.53 Å². The topological polar surface area (TPSA) is 38.3 Å². The van der Waals surface area contributed by atoms with Crippen molar-refractivity contribution in [2.75, 3.05) is 7.11 Å². The van der Waals surface area contributed by atoms with Gasteiger partial charge in [0.1, 0.15) is 5.54 Å². The fourth-order valence-corrected chi connectivity index (χ4v) is 3.76. The lowest BCUT2D eigenvalue weighted by molar-refractivity contribution is -0.151. The maximum absolute atomic E-state index is 12.2. The zero-order valence-electron chi connectivity index (χ0n) is 11.8. The fraction of sp³-hybridized carbons (Fsp3) is 0.933. The van der Waals surface area contributed by atoms with Gasteiger partial charge in [-0.3, -0.25) is 10.1 Å². The summed E-state index contributed by atoms with van der Waals surface area (Å²) >= 11 is 0. The summed E-state index contributed by atoms with van der Waals surface area (Å²) in [6.07, 6.45) is 10.6. The van der Waals surface area contributed by atoms with Crippen molar-refractivity contribution in [3.8, 4) is 0 Å². The van der Waals surface area contributed by atoms with Gasteiger partial charge in [-0.25, -0.2) is 0 Å². The molecular weight excluding hydrogens is 226 g/mol. The van der Waals surface area contributed by atoms with Gasteiger partial charge in [0.2, 0.25) is 0 Å². The Hall–Kier alpha value is -0.570. The maximum Gasteiger partial charge on any atom is 0.326 e. The van der Waals surface area contributed by atoms with Crippen LogP contribution in [0.1, 0.15) is 64.7 Å². The minimum Gasteiger partial charge on any atom is -0.468 e. The summed E-state index contributed by atoms with van der Waals surface area (Å²) in [5, 5.41) is 3.68. The van der Waals surface area contributed by atoms with Crippen molar-refractivity contribution >= 4 is 5.97 Å². The number of nitrogens with one attached hydrogen (secondary N) is 1. The van der Waals surface area contributed by atoms with Crippen molar-refractivity contribution in [1.82, 2.24) is 5.32 Å². The predicted molar refractivity (Wildman–Crippen MR) is 72.4 cm³/mol. The van der Waals surface area contributed by atoms with Gasteiger partial charge in [-0.05, 0) is 31.6 Å². The highest BCUT2D eigenvalue weighted by Gasteiger charge is 2.43. The van der Waals surface area contributed by atoms with E-state index in [1.165, 1.54) is 45.6 Å². The van der Waals surface area contributed by atoms with E-state index in [0.29, 0.717) is 12.0 Å². The van der Waals surface area contributed by atoms with E-state index in [1.807, 2.05) is 0 Å². The van der Waals surface area contributed by atoms with Crippen molar-refractivity contribution in [2.45, 2.75) is 76.3 Å². The van der Waals surface area contributed by atoms with Crippen LogP contribution in [0.3, 0.4) is 0 Å². The summed E-state index contributed by atoms with van der Waals surface area (Å²) in [4.78, 5) is 12.2. The Morgan fingerprint density at radius 3 is 2.50 bits per heavy atom. The minimum atomic E-state index is -0.394. The number of ether oxygens (including phenoxy) is 1. The number of hydrogen-bond donors (Lipinski definition) is 1. The standard InChI is InChI=1S/C15H27NO2/c1-12-7-6-10-15(11-12,14(17)18-2)16-13-8-4-3-5-9-13/h12-13,16H,3-11H2,1-2H3. The lowest BCUT2D eigenvalue weighted by Gasteiger charge is -2.41. The van der Waals surface area contributed by atoms with E-state index in [9.17, 15) is 4.79 Å². The third-order valence-electron chi connectivity index (χ3n) is 4.66. The normalized spacial score (nSPS) is 34.2. The maximum atomic E-state index is 12.2. The highest BCUT2D eigenvalue weighted by molar-refractivity contribution is 5.81. The van der Waals surface area contributed by atoms with Gasteiger partial charge in [-0.1, -0.05) is 39.0 Å². The van der Waals surface area contributed by atoms with Crippen LogP contribution in [0, 0.1) is 5.92 Å². The van der Waals surface area contributed by atoms with E-state index in [2.05, 4.69) is 12.2 Å². The molecule has 2 rings (SSSR count). The Bertz CT molecular complexity index is 286. The number of rotatable bonds is 3. The molecule has 0 spiro atoms. The van der Waals surface area contributed by atoms with E-state index in [0.717, 1.165) is 19.3 Å². The predicted octanol–water partition coefficient (Wildman–Crippen LogP) is 3.03. The first kappa shape index (κ1) is 13.9. The van der Waals surface area contributed by atoms with Gasteiger partial charge in [0, 0.05) is 6.04 Å². The number of carbonyl (C=O) groups excluding carboxylic acids is 1. The van der Waals surface area contributed by atoms with Gasteiger partial charge in [0.15, 0.2) is 0 Å². The molecule has 0 aromatic heterocycles. The largest absolute Gasteiger partial charge is 0.468 e. The van der Waals surface area contributed by atoms with E-state index in [4.69, 9.17) is 4.74 Å². The van der Waals surface area contributed by atoms with Crippen LogP contribution < -0.4 is 5.32 Å². The number of hydrogen-bond acceptors (Lipinski definition) is 3. The van der Waals surface area contributed by atoms with Crippen LogP contribution in [0.2, 0.25) is 0 Å². The molecule has 0 aliphatic heterocycles. The number of esters is 1. The first-order chi connectivity index (χ1) is 8.66. The molecule has 0 heterocycles.